The highest BCUT2D eigenvalue weighted by atomic mass is 16.5. The Bertz CT molecular complexity index is 489. The van der Waals surface area contributed by atoms with Gasteiger partial charge in [-0.3, -0.25) is 4.79 Å². The molecule has 0 unspecified atom stereocenters. The molecular weight excluding hydrogens is 228 g/mol. The fourth-order valence-electron chi connectivity index (χ4n) is 1.39. The van der Waals surface area contributed by atoms with Gasteiger partial charge in [0.05, 0.1) is 19.9 Å². The van der Waals surface area contributed by atoms with E-state index in [0.29, 0.717) is 0 Å². The number of hydrogen-bond acceptors (Lipinski definition) is 6. The lowest BCUT2D eigenvalue weighted by Gasteiger charge is -2.00. The van der Waals surface area contributed by atoms with Gasteiger partial charge in [0.1, 0.15) is 5.56 Å². The molecule has 0 saturated carbocycles. The van der Waals surface area contributed by atoms with E-state index in [1.54, 1.807) is 0 Å². The Morgan fingerprint density at radius 1 is 1.12 bits per heavy atom. The fraction of sp³-hybridized carbons (Fsp3) is 0.400. The summed E-state index contributed by atoms with van der Waals surface area (Å²) in [6, 6.07) is 0. The second kappa shape index (κ2) is 4.77. The van der Waals surface area contributed by atoms with E-state index in [2.05, 4.69) is 14.6 Å². The number of methoxy groups -OCH3 is 2. The normalized spacial score (nSPS) is 9.88. The molecule has 0 spiro atoms. The van der Waals surface area contributed by atoms with Gasteiger partial charge in [0, 0.05) is 6.92 Å². The lowest BCUT2D eigenvalue weighted by Crippen LogP contribution is -2.11. The summed E-state index contributed by atoms with van der Waals surface area (Å²) in [6.45, 7) is 2.76. The minimum atomic E-state index is -0.798. The van der Waals surface area contributed by atoms with E-state index in [9.17, 15) is 14.4 Å². The van der Waals surface area contributed by atoms with Crippen molar-refractivity contribution >= 4 is 17.8 Å². The first-order valence-electron chi connectivity index (χ1n) is 4.71. The smallest absolute Gasteiger partial charge is 0.359 e. The molecule has 0 amide bonds. The summed E-state index contributed by atoms with van der Waals surface area (Å²) in [5.41, 5.74) is -0.0497. The molecule has 0 bridgehead atoms. The second-order valence-corrected chi connectivity index (χ2v) is 3.22. The van der Waals surface area contributed by atoms with Crippen molar-refractivity contribution < 1.29 is 23.9 Å². The molecule has 1 heterocycles. The van der Waals surface area contributed by atoms with E-state index in [1.807, 2.05) is 0 Å². The third-order valence-electron chi connectivity index (χ3n) is 2.18. The number of rotatable bonds is 2. The van der Waals surface area contributed by atoms with Gasteiger partial charge in [-0.25, -0.2) is 14.3 Å². The summed E-state index contributed by atoms with van der Waals surface area (Å²) in [7, 11) is 2.33. The van der Waals surface area contributed by atoms with Crippen molar-refractivity contribution in [1.82, 2.24) is 9.78 Å². The van der Waals surface area contributed by atoms with Crippen LogP contribution in [-0.4, -0.2) is 41.8 Å². The van der Waals surface area contributed by atoms with Gasteiger partial charge in [-0.05, 0) is 6.92 Å². The van der Waals surface area contributed by atoms with Crippen molar-refractivity contribution in [3.63, 3.8) is 0 Å². The number of hydrogen-bond donors (Lipinski definition) is 0. The molecule has 0 radical (unpaired) electrons. The van der Waals surface area contributed by atoms with Crippen molar-refractivity contribution in [3.05, 3.63) is 17.0 Å². The molecule has 92 valence electrons. The number of ether oxygens (including phenoxy) is 2. The van der Waals surface area contributed by atoms with Crippen LogP contribution in [0.2, 0.25) is 0 Å². The van der Waals surface area contributed by atoms with E-state index in [1.165, 1.54) is 21.0 Å². The zero-order valence-corrected chi connectivity index (χ0v) is 9.94. The van der Waals surface area contributed by atoms with Gasteiger partial charge in [-0.2, -0.15) is 5.10 Å². The molecule has 0 aromatic carbocycles. The van der Waals surface area contributed by atoms with Gasteiger partial charge >= 0.3 is 11.9 Å². The highest BCUT2D eigenvalue weighted by Gasteiger charge is 2.28. The van der Waals surface area contributed by atoms with E-state index >= 15 is 0 Å². The summed E-state index contributed by atoms with van der Waals surface area (Å²) < 4.78 is 9.98. The van der Waals surface area contributed by atoms with Crippen LogP contribution in [0.1, 0.15) is 38.3 Å². The van der Waals surface area contributed by atoms with Crippen LogP contribution in [0.25, 0.3) is 0 Å². The predicted octanol–water partition coefficient (Wildman–Crippen LogP) is 0.425. The Morgan fingerprint density at radius 2 is 1.65 bits per heavy atom. The average molecular weight is 240 g/mol. The largest absolute Gasteiger partial charge is 0.465 e. The number of carbonyl (C=O) groups excluding carboxylic acids is 3. The lowest BCUT2D eigenvalue weighted by atomic mass is 10.2. The van der Waals surface area contributed by atoms with Crippen molar-refractivity contribution in [2.45, 2.75) is 13.8 Å². The summed E-state index contributed by atoms with van der Waals surface area (Å²) in [5, 5.41) is 3.74. The third-order valence-corrected chi connectivity index (χ3v) is 2.18. The monoisotopic (exact) mass is 240 g/mol. The first kappa shape index (κ1) is 12.9. The zero-order valence-electron chi connectivity index (χ0n) is 9.94. The number of carbonyl (C=O) groups is 3. The zero-order chi connectivity index (χ0) is 13.2. The van der Waals surface area contributed by atoms with Crippen LogP contribution in [0.5, 0.6) is 0 Å². The van der Waals surface area contributed by atoms with Crippen LogP contribution in [0.3, 0.4) is 0 Å². The van der Waals surface area contributed by atoms with Crippen LogP contribution in [-0.2, 0) is 9.47 Å². The summed E-state index contributed by atoms with van der Waals surface area (Å²) >= 11 is 0. The molecule has 1 aromatic heterocycles. The average Bonchev–Trinajstić information content (AvgIpc) is 2.65. The van der Waals surface area contributed by atoms with Gasteiger partial charge in [0.15, 0.2) is 5.69 Å². The summed E-state index contributed by atoms with van der Waals surface area (Å²) in [5.74, 6) is -1.95. The topological polar surface area (TPSA) is 87.5 Å². The molecular formula is C10H12N2O5. The van der Waals surface area contributed by atoms with Crippen molar-refractivity contribution in [1.29, 1.82) is 0 Å². The Hall–Kier alpha value is -2.18. The molecule has 0 aliphatic heterocycles. The fourth-order valence-corrected chi connectivity index (χ4v) is 1.39. The maximum atomic E-state index is 11.5. The van der Waals surface area contributed by atoms with E-state index in [0.717, 1.165) is 11.8 Å². The van der Waals surface area contributed by atoms with Crippen molar-refractivity contribution in [2.75, 3.05) is 14.2 Å². The van der Waals surface area contributed by atoms with Gasteiger partial charge in [0.25, 0.3) is 0 Å². The van der Waals surface area contributed by atoms with Crippen LogP contribution < -0.4 is 0 Å². The Morgan fingerprint density at radius 3 is 2.06 bits per heavy atom. The Labute approximate surface area is 97.3 Å². The summed E-state index contributed by atoms with van der Waals surface area (Å²) in [4.78, 5) is 34.2. The minimum absolute atomic E-state index is 0.0606. The van der Waals surface area contributed by atoms with Gasteiger partial charge < -0.3 is 9.47 Å². The second-order valence-electron chi connectivity index (χ2n) is 3.22. The SMILES string of the molecule is COC(=O)c1nn(C(C)=O)c(C)c1C(=O)OC. The van der Waals surface area contributed by atoms with Gasteiger partial charge in [0.2, 0.25) is 5.91 Å². The van der Waals surface area contributed by atoms with E-state index in [-0.39, 0.29) is 17.0 Å². The van der Waals surface area contributed by atoms with Crippen LogP contribution in [0.15, 0.2) is 0 Å². The molecule has 0 saturated heterocycles. The minimum Gasteiger partial charge on any atom is -0.465 e. The standard InChI is InChI=1S/C10H12N2O5/c1-5-7(9(14)16-3)8(10(15)17-4)11-12(5)6(2)13/h1-4H3. The highest BCUT2D eigenvalue weighted by Crippen LogP contribution is 2.16. The molecule has 1 rings (SSSR count). The molecule has 0 N–H and O–H groups in total. The van der Waals surface area contributed by atoms with E-state index in [4.69, 9.17) is 0 Å². The quantitative estimate of drug-likeness (QED) is 0.696. The lowest BCUT2D eigenvalue weighted by molar-refractivity contribution is 0.0551. The van der Waals surface area contributed by atoms with Crippen molar-refractivity contribution in [3.8, 4) is 0 Å². The van der Waals surface area contributed by atoms with Crippen LogP contribution in [0.4, 0.5) is 0 Å². The van der Waals surface area contributed by atoms with Gasteiger partial charge in [-0.1, -0.05) is 0 Å². The van der Waals surface area contributed by atoms with Crippen molar-refractivity contribution in [2.24, 2.45) is 0 Å². The first-order chi connectivity index (χ1) is 7.93. The number of esters is 2. The van der Waals surface area contributed by atoms with E-state index < -0.39 is 17.8 Å². The van der Waals surface area contributed by atoms with Crippen LogP contribution in [0, 0.1) is 6.92 Å². The maximum absolute atomic E-state index is 11.5. The number of nitrogens with zero attached hydrogens (tertiary/aromatic N) is 2. The molecule has 0 aliphatic carbocycles. The Balaban J connectivity index is 3.47. The van der Waals surface area contributed by atoms with Crippen LogP contribution >= 0.6 is 0 Å². The molecule has 7 heteroatoms. The summed E-state index contributed by atoms with van der Waals surface area (Å²) in [6.07, 6.45) is 0. The molecule has 7 nitrogen and oxygen atoms in total. The maximum Gasteiger partial charge on any atom is 0.359 e. The molecule has 0 atom stereocenters. The first-order valence-corrected chi connectivity index (χ1v) is 4.71. The number of aromatic nitrogens is 2. The molecule has 0 fully saturated rings. The molecule has 1 aromatic rings. The molecule has 0 aliphatic rings. The predicted molar refractivity (Wildman–Crippen MR) is 55.9 cm³/mol. The third kappa shape index (κ3) is 2.17. The highest BCUT2D eigenvalue weighted by molar-refractivity contribution is 6.03. The van der Waals surface area contributed by atoms with Gasteiger partial charge in [-0.15, -0.1) is 0 Å². The molecule has 17 heavy (non-hydrogen) atoms. The Kier molecular flexibility index (Phi) is 3.62.